The molecule has 3 aliphatic rings. The van der Waals surface area contributed by atoms with Gasteiger partial charge in [-0.1, -0.05) is 26.0 Å². The zero-order valence-electron chi connectivity index (χ0n) is 19.3. The van der Waals surface area contributed by atoms with Gasteiger partial charge in [0.05, 0.1) is 30.9 Å². The largest absolute Gasteiger partial charge is 0.496 e. The topological polar surface area (TPSA) is 84.9 Å². The fourth-order valence-electron chi connectivity index (χ4n) is 5.08. The van der Waals surface area contributed by atoms with E-state index in [1.807, 2.05) is 5.32 Å². The summed E-state index contributed by atoms with van der Waals surface area (Å²) >= 11 is 0. The molecule has 0 aromatic heterocycles. The number of para-hydroxylation sites is 1. The third-order valence-corrected chi connectivity index (χ3v) is 6.61. The third kappa shape index (κ3) is 3.87. The van der Waals surface area contributed by atoms with Gasteiger partial charge >= 0.3 is 6.18 Å². The van der Waals surface area contributed by atoms with Gasteiger partial charge in [-0.15, -0.1) is 0 Å². The standard InChI is InChI=1S/C24H27F3N2O5/c1-22(2)11-16-19(17(30)12-22)23(24(25,26)27,21(32)29(16)13-14-7-6-10-34-14)28-20(31)15-8-4-5-9-18(15)33-3/h4-5,8-9,14H,6-7,10-13H2,1-3H3,(H,28,31). The maximum absolute atomic E-state index is 14.8. The number of carbonyl (C=O) groups is 3. The molecule has 2 heterocycles. The van der Waals surface area contributed by atoms with Crippen LogP contribution in [0.2, 0.25) is 0 Å². The smallest absolute Gasteiger partial charge is 0.425 e. The number of allylic oxidation sites excluding steroid dienone is 1. The highest BCUT2D eigenvalue weighted by Crippen LogP contribution is 2.52. The second-order valence-corrected chi connectivity index (χ2v) is 9.72. The summed E-state index contributed by atoms with van der Waals surface area (Å²) in [5.41, 5.74) is -4.97. The highest BCUT2D eigenvalue weighted by molar-refractivity contribution is 6.14. The summed E-state index contributed by atoms with van der Waals surface area (Å²) in [6, 6.07) is 5.75. The van der Waals surface area contributed by atoms with Gasteiger partial charge in [0.15, 0.2) is 5.78 Å². The summed E-state index contributed by atoms with van der Waals surface area (Å²) in [5, 5.41) is 1.93. The minimum absolute atomic E-state index is 0.0133. The fourth-order valence-corrected chi connectivity index (χ4v) is 5.08. The number of carbonyl (C=O) groups excluding carboxylic acids is 3. The van der Waals surface area contributed by atoms with E-state index in [0.717, 1.165) is 11.3 Å². The number of nitrogens with one attached hydrogen (secondary N) is 1. The van der Waals surface area contributed by atoms with Crippen LogP contribution in [-0.2, 0) is 14.3 Å². The maximum Gasteiger partial charge on any atom is 0.425 e. The number of rotatable bonds is 5. The first-order chi connectivity index (χ1) is 15.9. The summed E-state index contributed by atoms with van der Waals surface area (Å²) in [5.74, 6) is -3.29. The number of nitrogens with zero attached hydrogens (tertiary/aromatic N) is 1. The molecule has 2 amide bonds. The van der Waals surface area contributed by atoms with Gasteiger partial charge in [0, 0.05) is 18.7 Å². The fraction of sp³-hybridized carbons (Fsp3) is 0.542. The molecule has 1 aromatic rings. The predicted octanol–water partition coefficient (Wildman–Crippen LogP) is 3.39. The number of Topliss-reactive ketones (excluding diaryl/α,β-unsaturated/α-hetero) is 1. The Balaban J connectivity index is 1.85. The summed E-state index contributed by atoms with van der Waals surface area (Å²) in [4.78, 5) is 40.9. The van der Waals surface area contributed by atoms with Crippen molar-refractivity contribution >= 4 is 17.6 Å². The van der Waals surface area contributed by atoms with Crippen LogP contribution in [0, 0.1) is 5.41 Å². The first-order valence-electron chi connectivity index (χ1n) is 11.1. The average Bonchev–Trinajstić information content (AvgIpc) is 3.34. The molecule has 0 saturated carbocycles. The molecule has 7 nitrogen and oxygen atoms in total. The molecule has 1 fully saturated rings. The molecule has 0 spiro atoms. The van der Waals surface area contributed by atoms with Gasteiger partial charge in [0.1, 0.15) is 5.75 Å². The molecule has 0 bridgehead atoms. The van der Waals surface area contributed by atoms with E-state index in [4.69, 9.17) is 9.47 Å². The molecule has 34 heavy (non-hydrogen) atoms. The van der Waals surface area contributed by atoms with Crippen molar-refractivity contribution in [1.29, 1.82) is 0 Å². The Hall–Kier alpha value is -2.88. The number of benzene rings is 1. The summed E-state index contributed by atoms with van der Waals surface area (Å²) in [7, 11) is 1.28. The molecule has 10 heteroatoms. The second-order valence-electron chi connectivity index (χ2n) is 9.72. The molecule has 1 aromatic carbocycles. The Bertz CT molecular complexity index is 1060. The highest BCUT2D eigenvalue weighted by atomic mass is 19.4. The zero-order chi connectivity index (χ0) is 24.9. The summed E-state index contributed by atoms with van der Waals surface area (Å²) < 4.78 is 55.2. The number of hydrogen-bond donors (Lipinski definition) is 1. The zero-order valence-corrected chi connectivity index (χ0v) is 19.3. The molecule has 4 rings (SSSR count). The minimum Gasteiger partial charge on any atom is -0.496 e. The lowest BCUT2D eigenvalue weighted by molar-refractivity contribution is -0.191. The molecular formula is C24H27F3N2O5. The number of ketones is 1. The Morgan fingerprint density at radius 2 is 1.94 bits per heavy atom. The van der Waals surface area contributed by atoms with E-state index >= 15 is 0 Å². The molecule has 1 aliphatic carbocycles. The van der Waals surface area contributed by atoms with Gasteiger partial charge in [-0.2, -0.15) is 13.2 Å². The van der Waals surface area contributed by atoms with Crippen molar-refractivity contribution in [2.75, 3.05) is 20.3 Å². The number of amides is 2. The Morgan fingerprint density at radius 1 is 1.24 bits per heavy atom. The van der Waals surface area contributed by atoms with Gasteiger partial charge in [-0.05, 0) is 36.8 Å². The van der Waals surface area contributed by atoms with Gasteiger partial charge < -0.3 is 19.7 Å². The lowest BCUT2D eigenvalue weighted by Gasteiger charge is -2.35. The summed E-state index contributed by atoms with van der Waals surface area (Å²) in [6.45, 7) is 3.89. The predicted molar refractivity (Wildman–Crippen MR) is 115 cm³/mol. The van der Waals surface area contributed by atoms with E-state index in [2.05, 4.69) is 0 Å². The third-order valence-electron chi connectivity index (χ3n) is 6.61. The van der Waals surface area contributed by atoms with E-state index in [1.165, 1.54) is 25.3 Å². The van der Waals surface area contributed by atoms with Crippen molar-refractivity contribution < 1.29 is 37.0 Å². The molecular weight excluding hydrogens is 453 g/mol. The van der Waals surface area contributed by atoms with E-state index in [0.29, 0.717) is 13.0 Å². The van der Waals surface area contributed by atoms with Crippen LogP contribution in [0.25, 0.3) is 0 Å². The molecule has 2 unspecified atom stereocenters. The Morgan fingerprint density at radius 3 is 2.56 bits per heavy atom. The van der Waals surface area contributed by atoms with Crippen LogP contribution >= 0.6 is 0 Å². The number of hydrogen-bond acceptors (Lipinski definition) is 5. The maximum atomic E-state index is 14.8. The molecule has 184 valence electrons. The molecule has 1 N–H and O–H groups in total. The summed E-state index contributed by atoms with van der Waals surface area (Å²) in [6.07, 6.45) is -4.45. The monoisotopic (exact) mass is 480 g/mol. The first kappa shape index (κ1) is 24.3. The van der Waals surface area contributed by atoms with E-state index in [-0.39, 0.29) is 36.4 Å². The van der Waals surface area contributed by atoms with Gasteiger partial charge in [-0.25, -0.2) is 0 Å². The van der Waals surface area contributed by atoms with Crippen molar-refractivity contribution in [3.8, 4) is 5.75 Å². The lowest BCUT2D eigenvalue weighted by atomic mass is 9.72. The lowest BCUT2D eigenvalue weighted by Crippen LogP contribution is -2.66. The van der Waals surface area contributed by atoms with Crippen LogP contribution < -0.4 is 10.1 Å². The van der Waals surface area contributed by atoms with Crippen molar-refractivity contribution in [2.24, 2.45) is 5.41 Å². The first-order valence-corrected chi connectivity index (χ1v) is 11.1. The number of alkyl halides is 3. The number of methoxy groups -OCH3 is 1. The van der Waals surface area contributed by atoms with Gasteiger partial charge in [0.25, 0.3) is 11.8 Å². The molecule has 0 radical (unpaired) electrons. The number of ether oxygens (including phenoxy) is 2. The molecule has 2 aliphatic heterocycles. The second kappa shape index (κ2) is 8.41. The highest BCUT2D eigenvalue weighted by Gasteiger charge is 2.71. The van der Waals surface area contributed by atoms with Crippen molar-refractivity contribution in [3.05, 3.63) is 41.1 Å². The Kier molecular flexibility index (Phi) is 6.00. The van der Waals surface area contributed by atoms with Crippen LogP contribution in [-0.4, -0.2) is 60.6 Å². The minimum atomic E-state index is -5.26. The molecule has 2 atom stereocenters. The van der Waals surface area contributed by atoms with E-state index in [9.17, 15) is 27.6 Å². The average molecular weight is 480 g/mol. The SMILES string of the molecule is COc1ccccc1C(=O)NC1(C(F)(F)F)C(=O)N(CC2CCCO2)C2=C1C(=O)CC(C)(C)C2. The van der Waals surface area contributed by atoms with Crippen molar-refractivity contribution in [3.63, 3.8) is 0 Å². The number of halogens is 3. The van der Waals surface area contributed by atoms with Gasteiger partial charge in [-0.3, -0.25) is 14.4 Å². The molecule has 1 saturated heterocycles. The van der Waals surface area contributed by atoms with Crippen molar-refractivity contribution in [1.82, 2.24) is 10.2 Å². The van der Waals surface area contributed by atoms with Crippen LogP contribution in [0.5, 0.6) is 5.75 Å². The van der Waals surface area contributed by atoms with Crippen LogP contribution in [0.4, 0.5) is 13.2 Å². The van der Waals surface area contributed by atoms with Crippen LogP contribution in [0.15, 0.2) is 35.5 Å². The normalized spacial score (nSPS) is 26.6. The van der Waals surface area contributed by atoms with Gasteiger partial charge in [0.2, 0.25) is 5.54 Å². The van der Waals surface area contributed by atoms with Crippen LogP contribution in [0.1, 0.15) is 49.9 Å². The Labute approximate surface area is 195 Å². The van der Waals surface area contributed by atoms with Crippen LogP contribution in [0.3, 0.4) is 0 Å². The van der Waals surface area contributed by atoms with E-state index in [1.54, 1.807) is 19.9 Å². The van der Waals surface area contributed by atoms with Crippen molar-refractivity contribution in [2.45, 2.75) is 57.3 Å². The van der Waals surface area contributed by atoms with E-state index < -0.39 is 46.4 Å². The quantitative estimate of drug-likeness (QED) is 0.699.